The van der Waals surface area contributed by atoms with E-state index in [1.165, 1.54) is 15.3 Å². The van der Waals surface area contributed by atoms with Gasteiger partial charge < -0.3 is 10.3 Å². The van der Waals surface area contributed by atoms with Crippen molar-refractivity contribution in [1.82, 2.24) is 9.55 Å². The predicted octanol–water partition coefficient (Wildman–Crippen LogP) is 3.22. The van der Waals surface area contributed by atoms with Gasteiger partial charge in [0.2, 0.25) is 5.95 Å². The molecule has 1 aromatic carbocycles. The lowest BCUT2D eigenvalue weighted by Gasteiger charge is -2.04. The fourth-order valence-corrected chi connectivity index (χ4v) is 3.30. The van der Waals surface area contributed by atoms with Crippen molar-refractivity contribution in [3.8, 4) is 6.07 Å². The van der Waals surface area contributed by atoms with Crippen LogP contribution in [-0.4, -0.2) is 9.55 Å². The van der Waals surface area contributed by atoms with Gasteiger partial charge >= 0.3 is 0 Å². The van der Waals surface area contributed by atoms with Crippen molar-refractivity contribution in [1.29, 1.82) is 5.26 Å². The zero-order chi connectivity index (χ0) is 14.3. The molecule has 0 saturated carbocycles. The number of nitrogen functional groups attached to an aromatic ring is 1. The van der Waals surface area contributed by atoms with Gasteiger partial charge in [0.15, 0.2) is 0 Å². The number of thiophene rings is 1. The first-order valence-corrected chi connectivity index (χ1v) is 7.12. The summed E-state index contributed by atoms with van der Waals surface area (Å²) in [5.74, 6) is 0.485. The minimum Gasteiger partial charge on any atom is -0.369 e. The van der Waals surface area contributed by atoms with Gasteiger partial charge in [-0.2, -0.15) is 5.26 Å². The van der Waals surface area contributed by atoms with Crippen LogP contribution in [0.3, 0.4) is 0 Å². The maximum Gasteiger partial charge on any atom is 0.201 e. The van der Waals surface area contributed by atoms with Gasteiger partial charge in [-0.1, -0.05) is 0 Å². The van der Waals surface area contributed by atoms with Crippen molar-refractivity contribution < 1.29 is 0 Å². The third-order valence-electron chi connectivity index (χ3n) is 3.44. The minimum atomic E-state index is 0.485. The number of rotatable bonds is 2. The number of anilines is 1. The lowest BCUT2D eigenvalue weighted by Crippen LogP contribution is -2.03. The van der Waals surface area contributed by atoms with Crippen molar-refractivity contribution in [2.24, 2.45) is 0 Å². The molecule has 0 fully saturated rings. The van der Waals surface area contributed by atoms with Crippen molar-refractivity contribution in [3.05, 3.63) is 45.1 Å². The van der Waals surface area contributed by atoms with E-state index in [2.05, 4.69) is 31.0 Å². The Morgan fingerprint density at radius 1 is 1.35 bits per heavy atom. The number of nitriles is 1. The zero-order valence-corrected chi connectivity index (χ0v) is 12.2. The highest BCUT2D eigenvalue weighted by Gasteiger charge is 2.11. The maximum absolute atomic E-state index is 9.02. The van der Waals surface area contributed by atoms with Crippen LogP contribution >= 0.6 is 11.3 Å². The van der Waals surface area contributed by atoms with E-state index in [-0.39, 0.29) is 0 Å². The largest absolute Gasteiger partial charge is 0.369 e. The van der Waals surface area contributed by atoms with Crippen molar-refractivity contribution in [2.45, 2.75) is 20.4 Å². The Morgan fingerprint density at radius 2 is 2.15 bits per heavy atom. The van der Waals surface area contributed by atoms with Crippen LogP contribution < -0.4 is 5.73 Å². The van der Waals surface area contributed by atoms with E-state index in [0.717, 1.165) is 11.0 Å². The highest BCUT2D eigenvalue weighted by atomic mass is 32.1. The van der Waals surface area contributed by atoms with Crippen molar-refractivity contribution >= 4 is 28.3 Å². The van der Waals surface area contributed by atoms with Crippen LogP contribution in [0.15, 0.2) is 24.3 Å². The third kappa shape index (κ3) is 2.04. The number of imidazole rings is 1. The summed E-state index contributed by atoms with van der Waals surface area (Å²) < 4.78 is 1.96. The number of nitrogens with zero attached hydrogens (tertiary/aromatic N) is 3. The Balaban J connectivity index is 2.10. The predicted molar refractivity (Wildman–Crippen MR) is 81.8 cm³/mol. The maximum atomic E-state index is 9.02. The highest BCUT2D eigenvalue weighted by Crippen LogP contribution is 2.25. The molecule has 0 saturated heterocycles. The summed E-state index contributed by atoms with van der Waals surface area (Å²) in [4.78, 5) is 6.91. The molecule has 4 nitrogen and oxygen atoms in total. The van der Waals surface area contributed by atoms with E-state index in [1.807, 2.05) is 16.7 Å². The monoisotopic (exact) mass is 282 g/mol. The van der Waals surface area contributed by atoms with Crippen LogP contribution in [-0.2, 0) is 6.54 Å². The van der Waals surface area contributed by atoms with Gasteiger partial charge in [0.05, 0.1) is 29.2 Å². The Hall–Kier alpha value is -2.32. The quantitative estimate of drug-likeness (QED) is 0.784. The summed E-state index contributed by atoms with van der Waals surface area (Å²) in [6.07, 6.45) is 0. The van der Waals surface area contributed by atoms with E-state index >= 15 is 0 Å². The topological polar surface area (TPSA) is 67.6 Å². The van der Waals surface area contributed by atoms with E-state index in [4.69, 9.17) is 11.0 Å². The number of hydrogen-bond acceptors (Lipinski definition) is 4. The molecule has 0 spiro atoms. The molecular weight excluding hydrogens is 268 g/mol. The van der Waals surface area contributed by atoms with Gasteiger partial charge in [-0.25, -0.2) is 4.98 Å². The SMILES string of the molecule is Cc1cc(Cn2c(N)nc3ccc(C#N)cc32)sc1C. The first-order valence-electron chi connectivity index (χ1n) is 6.30. The summed E-state index contributed by atoms with van der Waals surface area (Å²) in [7, 11) is 0. The standard InChI is InChI=1S/C15H14N4S/c1-9-5-12(20-10(9)2)8-19-14-6-11(7-16)3-4-13(14)18-15(19)17/h3-6H,8H2,1-2H3,(H2,17,18). The van der Waals surface area contributed by atoms with Crippen LogP contribution in [0.5, 0.6) is 0 Å². The molecule has 0 radical (unpaired) electrons. The number of hydrogen-bond donors (Lipinski definition) is 1. The summed E-state index contributed by atoms with van der Waals surface area (Å²) in [5.41, 5.74) is 9.66. The molecule has 0 aliphatic carbocycles. The van der Waals surface area contributed by atoms with E-state index in [0.29, 0.717) is 18.1 Å². The van der Waals surface area contributed by atoms with E-state index in [9.17, 15) is 0 Å². The molecule has 2 heterocycles. The Bertz CT molecular complexity index is 816. The first-order chi connectivity index (χ1) is 9.58. The molecule has 0 aliphatic heterocycles. The summed E-state index contributed by atoms with van der Waals surface area (Å²) in [6.45, 7) is 4.92. The van der Waals surface area contributed by atoms with Crippen LogP contribution in [0.2, 0.25) is 0 Å². The normalized spacial score (nSPS) is 10.8. The molecule has 0 unspecified atom stereocenters. The average Bonchev–Trinajstić information content (AvgIpc) is 2.90. The Kier molecular flexibility index (Phi) is 2.96. The number of benzene rings is 1. The lowest BCUT2D eigenvalue weighted by molar-refractivity contribution is 0.852. The van der Waals surface area contributed by atoms with Gasteiger partial charge in [0.1, 0.15) is 0 Å². The second-order valence-corrected chi connectivity index (χ2v) is 6.16. The molecule has 0 atom stereocenters. The molecule has 0 amide bonds. The average molecular weight is 282 g/mol. The van der Waals surface area contributed by atoms with Gasteiger partial charge in [-0.05, 0) is 43.7 Å². The smallest absolute Gasteiger partial charge is 0.201 e. The second kappa shape index (κ2) is 4.66. The zero-order valence-electron chi connectivity index (χ0n) is 11.3. The fourth-order valence-electron chi connectivity index (χ4n) is 2.26. The number of nitrogens with two attached hydrogens (primary N) is 1. The molecule has 20 heavy (non-hydrogen) atoms. The van der Waals surface area contributed by atoms with Gasteiger partial charge in [0, 0.05) is 9.75 Å². The van der Waals surface area contributed by atoms with Crippen LogP contribution in [0, 0.1) is 25.2 Å². The summed E-state index contributed by atoms with van der Waals surface area (Å²) >= 11 is 1.77. The minimum absolute atomic E-state index is 0.485. The number of aromatic nitrogens is 2. The Labute approximate surface area is 121 Å². The molecule has 3 aromatic rings. The molecular formula is C15H14N4S. The van der Waals surface area contributed by atoms with Crippen LogP contribution in [0.25, 0.3) is 11.0 Å². The van der Waals surface area contributed by atoms with Crippen LogP contribution in [0.1, 0.15) is 20.9 Å². The van der Waals surface area contributed by atoms with Gasteiger partial charge in [-0.15, -0.1) is 11.3 Å². The molecule has 2 aromatic heterocycles. The first kappa shape index (κ1) is 12.7. The van der Waals surface area contributed by atoms with Crippen molar-refractivity contribution in [3.63, 3.8) is 0 Å². The van der Waals surface area contributed by atoms with Gasteiger partial charge in [0.25, 0.3) is 0 Å². The van der Waals surface area contributed by atoms with Crippen molar-refractivity contribution in [2.75, 3.05) is 5.73 Å². The number of aryl methyl sites for hydroxylation is 2. The third-order valence-corrected chi connectivity index (χ3v) is 4.58. The van der Waals surface area contributed by atoms with E-state index in [1.54, 1.807) is 17.4 Å². The molecule has 100 valence electrons. The number of fused-ring (bicyclic) bond motifs is 1. The highest BCUT2D eigenvalue weighted by molar-refractivity contribution is 7.12. The van der Waals surface area contributed by atoms with Gasteiger partial charge in [-0.3, -0.25) is 0 Å². The Morgan fingerprint density at radius 3 is 2.80 bits per heavy atom. The van der Waals surface area contributed by atoms with E-state index < -0.39 is 0 Å². The lowest BCUT2D eigenvalue weighted by atomic mass is 10.2. The van der Waals surface area contributed by atoms with Crippen LogP contribution in [0.4, 0.5) is 5.95 Å². The molecule has 0 bridgehead atoms. The second-order valence-electron chi connectivity index (χ2n) is 4.82. The summed E-state index contributed by atoms with van der Waals surface area (Å²) in [6, 6.07) is 9.77. The molecule has 5 heteroatoms. The summed E-state index contributed by atoms with van der Waals surface area (Å²) in [5, 5.41) is 9.02. The molecule has 3 rings (SSSR count). The fraction of sp³-hybridized carbons (Fsp3) is 0.200. The molecule has 2 N–H and O–H groups in total. The molecule has 0 aliphatic rings.